The normalized spacial score (nSPS) is 13.2. The van der Waals surface area contributed by atoms with Crippen molar-refractivity contribution in [2.45, 2.75) is 39.2 Å². The van der Waals surface area contributed by atoms with E-state index >= 15 is 0 Å². The van der Waals surface area contributed by atoms with Gasteiger partial charge in [0.15, 0.2) is 0 Å². The van der Waals surface area contributed by atoms with Crippen LogP contribution in [0.5, 0.6) is 0 Å². The number of halogens is 1. The van der Waals surface area contributed by atoms with Crippen LogP contribution in [-0.2, 0) is 5.41 Å². The summed E-state index contributed by atoms with van der Waals surface area (Å²) >= 11 is 0. The molecule has 0 saturated carbocycles. The Kier molecular flexibility index (Phi) is 4.73. The van der Waals surface area contributed by atoms with Crippen LogP contribution >= 0.6 is 0 Å². The van der Waals surface area contributed by atoms with Crippen molar-refractivity contribution in [2.24, 2.45) is 0 Å². The first-order valence-corrected chi connectivity index (χ1v) is 7.36. The van der Waals surface area contributed by atoms with Gasteiger partial charge in [0, 0.05) is 23.9 Å². The minimum Gasteiger partial charge on any atom is -0.309 e. The molecule has 0 aliphatic rings. The molecule has 0 fully saturated rings. The molecule has 0 spiro atoms. The number of aryl methyl sites for hydroxylation is 1. The minimum absolute atomic E-state index is 0.125. The second kappa shape index (κ2) is 6.35. The van der Waals surface area contributed by atoms with E-state index in [4.69, 9.17) is 0 Å². The molecule has 1 N–H and O–H groups in total. The minimum atomic E-state index is -0.202. The van der Waals surface area contributed by atoms with Crippen LogP contribution in [0.2, 0.25) is 0 Å². The van der Waals surface area contributed by atoms with E-state index in [1.165, 1.54) is 12.1 Å². The number of hydrogen-bond donors (Lipinski definition) is 1. The standard InChI is InChI=1S/C18H23FN2/c1-5-21-17(14-10-13(2)11-20-12-14)18(3,4)15-6-8-16(19)9-7-15/h6-12,17,21H,5H2,1-4H3. The van der Waals surface area contributed by atoms with Crippen molar-refractivity contribution < 1.29 is 4.39 Å². The maximum absolute atomic E-state index is 13.2. The van der Waals surface area contributed by atoms with Gasteiger partial charge in [0.1, 0.15) is 5.82 Å². The highest BCUT2D eigenvalue weighted by molar-refractivity contribution is 5.32. The summed E-state index contributed by atoms with van der Waals surface area (Å²) in [5, 5.41) is 3.55. The molecule has 2 nitrogen and oxygen atoms in total. The highest BCUT2D eigenvalue weighted by Crippen LogP contribution is 2.36. The summed E-state index contributed by atoms with van der Waals surface area (Å²) in [6.07, 6.45) is 3.77. The van der Waals surface area contributed by atoms with Gasteiger partial charge in [-0.1, -0.05) is 39.0 Å². The molecule has 0 aliphatic carbocycles. The fourth-order valence-electron chi connectivity index (χ4n) is 2.78. The van der Waals surface area contributed by atoms with E-state index in [1.54, 1.807) is 0 Å². The van der Waals surface area contributed by atoms with Gasteiger partial charge >= 0.3 is 0 Å². The van der Waals surface area contributed by atoms with E-state index in [0.717, 1.165) is 23.2 Å². The van der Waals surface area contributed by atoms with Crippen LogP contribution in [0.15, 0.2) is 42.7 Å². The molecular weight excluding hydrogens is 263 g/mol. The maximum atomic E-state index is 13.2. The summed E-state index contributed by atoms with van der Waals surface area (Å²) in [6, 6.07) is 9.06. The van der Waals surface area contributed by atoms with Gasteiger partial charge in [-0.25, -0.2) is 4.39 Å². The number of hydrogen-bond acceptors (Lipinski definition) is 2. The number of rotatable bonds is 5. The van der Waals surface area contributed by atoms with Gasteiger partial charge in [0.05, 0.1) is 0 Å². The summed E-state index contributed by atoms with van der Waals surface area (Å²) in [5.41, 5.74) is 3.24. The Morgan fingerprint density at radius 2 is 1.86 bits per heavy atom. The van der Waals surface area contributed by atoms with Crippen LogP contribution in [0.4, 0.5) is 4.39 Å². The first-order valence-electron chi connectivity index (χ1n) is 7.36. The summed E-state index contributed by atoms with van der Waals surface area (Å²) in [7, 11) is 0. The van der Waals surface area contributed by atoms with Crippen LogP contribution in [0, 0.1) is 12.7 Å². The molecule has 1 unspecified atom stereocenters. The smallest absolute Gasteiger partial charge is 0.123 e. The molecule has 0 aliphatic heterocycles. The van der Waals surface area contributed by atoms with Crippen molar-refractivity contribution >= 4 is 0 Å². The van der Waals surface area contributed by atoms with Crippen molar-refractivity contribution in [3.63, 3.8) is 0 Å². The van der Waals surface area contributed by atoms with Gasteiger partial charge in [-0.3, -0.25) is 4.98 Å². The van der Waals surface area contributed by atoms with Crippen LogP contribution in [-0.4, -0.2) is 11.5 Å². The fraction of sp³-hybridized carbons (Fsp3) is 0.389. The lowest BCUT2D eigenvalue weighted by atomic mass is 9.75. The Balaban J connectivity index is 2.42. The molecule has 3 heteroatoms. The van der Waals surface area contributed by atoms with Crippen molar-refractivity contribution in [1.82, 2.24) is 10.3 Å². The van der Waals surface area contributed by atoms with Crippen LogP contribution < -0.4 is 5.32 Å². The van der Waals surface area contributed by atoms with Crippen molar-refractivity contribution in [1.29, 1.82) is 0 Å². The highest BCUT2D eigenvalue weighted by atomic mass is 19.1. The van der Waals surface area contributed by atoms with Crippen molar-refractivity contribution in [3.8, 4) is 0 Å². The number of aromatic nitrogens is 1. The summed E-state index contributed by atoms with van der Waals surface area (Å²) in [5.74, 6) is -0.202. The Bertz CT molecular complexity index is 590. The molecule has 1 aromatic carbocycles. The zero-order valence-electron chi connectivity index (χ0n) is 13.2. The molecule has 0 amide bonds. The molecule has 1 aromatic heterocycles. The van der Waals surface area contributed by atoms with Crippen LogP contribution in [0.25, 0.3) is 0 Å². The molecule has 21 heavy (non-hydrogen) atoms. The first-order chi connectivity index (χ1) is 9.95. The number of likely N-dealkylation sites (N-methyl/N-ethyl adjacent to an activating group) is 1. The maximum Gasteiger partial charge on any atom is 0.123 e. The molecular formula is C18H23FN2. The van der Waals surface area contributed by atoms with E-state index in [1.807, 2.05) is 31.5 Å². The average Bonchev–Trinajstić information content (AvgIpc) is 2.45. The van der Waals surface area contributed by atoms with Gasteiger partial charge < -0.3 is 5.32 Å². The predicted octanol–water partition coefficient (Wildman–Crippen LogP) is 4.16. The topological polar surface area (TPSA) is 24.9 Å². The molecule has 112 valence electrons. The lowest BCUT2D eigenvalue weighted by molar-refractivity contribution is 0.352. The quantitative estimate of drug-likeness (QED) is 0.893. The van der Waals surface area contributed by atoms with E-state index < -0.39 is 0 Å². The second-order valence-corrected chi connectivity index (χ2v) is 6.01. The van der Waals surface area contributed by atoms with Crippen LogP contribution in [0.1, 0.15) is 43.5 Å². The molecule has 0 saturated heterocycles. The predicted molar refractivity (Wildman–Crippen MR) is 84.8 cm³/mol. The zero-order valence-corrected chi connectivity index (χ0v) is 13.2. The van der Waals surface area contributed by atoms with Gasteiger partial charge in [0.2, 0.25) is 0 Å². The van der Waals surface area contributed by atoms with Gasteiger partial charge in [-0.2, -0.15) is 0 Å². The molecule has 2 rings (SSSR count). The molecule has 0 bridgehead atoms. The third kappa shape index (κ3) is 3.48. The highest BCUT2D eigenvalue weighted by Gasteiger charge is 2.32. The Hall–Kier alpha value is -1.74. The second-order valence-electron chi connectivity index (χ2n) is 6.01. The molecule has 1 atom stereocenters. The van der Waals surface area contributed by atoms with E-state index in [9.17, 15) is 4.39 Å². The SMILES string of the molecule is CCNC(c1cncc(C)c1)C(C)(C)c1ccc(F)cc1. The van der Waals surface area contributed by atoms with Crippen molar-refractivity contribution in [3.05, 3.63) is 65.2 Å². The summed E-state index contributed by atoms with van der Waals surface area (Å²) in [4.78, 5) is 4.31. The van der Waals surface area contributed by atoms with Gasteiger partial charge in [-0.15, -0.1) is 0 Å². The fourth-order valence-corrected chi connectivity index (χ4v) is 2.78. The summed E-state index contributed by atoms with van der Waals surface area (Å²) < 4.78 is 13.2. The average molecular weight is 286 g/mol. The zero-order chi connectivity index (χ0) is 15.5. The Morgan fingerprint density at radius 3 is 2.43 bits per heavy atom. The van der Waals surface area contributed by atoms with E-state index in [-0.39, 0.29) is 17.3 Å². The van der Waals surface area contributed by atoms with E-state index in [0.29, 0.717) is 0 Å². The van der Waals surface area contributed by atoms with Crippen molar-refractivity contribution in [2.75, 3.05) is 6.54 Å². The Labute approximate surface area is 126 Å². The Morgan fingerprint density at radius 1 is 1.19 bits per heavy atom. The largest absolute Gasteiger partial charge is 0.309 e. The third-order valence-corrected chi connectivity index (χ3v) is 3.95. The van der Waals surface area contributed by atoms with E-state index in [2.05, 4.69) is 37.1 Å². The lowest BCUT2D eigenvalue weighted by Crippen LogP contribution is -2.37. The summed E-state index contributed by atoms with van der Waals surface area (Å²) in [6.45, 7) is 9.36. The molecule has 1 heterocycles. The van der Waals surface area contributed by atoms with Gasteiger partial charge in [0.25, 0.3) is 0 Å². The third-order valence-electron chi connectivity index (χ3n) is 3.95. The van der Waals surface area contributed by atoms with Crippen LogP contribution in [0.3, 0.4) is 0 Å². The number of pyridine rings is 1. The molecule has 2 aromatic rings. The number of nitrogens with one attached hydrogen (secondary N) is 1. The first kappa shape index (κ1) is 15.6. The number of nitrogens with zero attached hydrogens (tertiary/aromatic N) is 1. The lowest BCUT2D eigenvalue weighted by Gasteiger charge is -2.36. The monoisotopic (exact) mass is 286 g/mol. The number of benzene rings is 1. The molecule has 0 radical (unpaired) electrons. The van der Waals surface area contributed by atoms with Gasteiger partial charge in [-0.05, 0) is 42.3 Å².